The molecule has 1 saturated heterocycles. The number of nitrogens with zero attached hydrogens (tertiary/aromatic N) is 2. The fourth-order valence-electron chi connectivity index (χ4n) is 1.72. The highest BCUT2D eigenvalue weighted by Crippen LogP contribution is 2.31. The SMILES string of the molecule is O=C(O)c1csc(C2CCN(P)CC2)n1. The predicted octanol–water partition coefficient (Wildman–Crippen LogP) is 1.81. The van der Waals surface area contributed by atoms with Crippen LogP contribution in [0.5, 0.6) is 0 Å². The van der Waals surface area contributed by atoms with E-state index >= 15 is 0 Å². The van der Waals surface area contributed by atoms with Crippen molar-refractivity contribution in [1.29, 1.82) is 0 Å². The summed E-state index contributed by atoms with van der Waals surface area (Å²) in [6.07, 6.45) is 2.13. The first-order chi connectivity index (χ1) is 7.16. The maximum absolute atomic E-state index is 10.7. The summed E-state index contributed by atoms with van der Waals surface area (Å²) in [5.41, 5.74) is 0.184. The van der Waals surface area contributed by atoms with Crippen LogP contribution in [-0.4, -0.2) is 33.8 Å². The lowest BCUT2D eigenvalue weighted by atomic mass is 9.99. The van der Waals surface area contributed by atoms with Crippen molar-refractivity contribution in [3.8, 4) is 0 Å². The molecule has 15 heavy (non-hydrogen) atoms. The van der Waals surface area contributed by atoms with Crippen molar-refractivity contribution in [2.45, 2.75) is 18.8 Å². The van der Waals surface area contributed by atoms with Gasteiger partial charge in [0, 0.05) is 24.4 Å². The second kappa shape index (κ2) is 4.56. The van der Waals surface area contributed by atoms with E-state index in [0.717, 1.165) is 30.9 Å². The molecule has 0 spiro atoms. The summed E-state index contributed by atoms with van der Waals surface area (Å²) in [4.78, 5) is 14.8. The van der Waals surface area contributed by atoms with Gasteiger partial charge in [-0.25, -0.2) is 9.78 Å². The molecule has 1 aliphatic rings. The van der Waals surface area contributed by atoms with E-state index in [1.54, 1.807) is 5.38 Å². The van der Waals surface area contributed by atoms with Crippen LogP contribution in [-0.2, 0) is 0 Å². The number of aromatic carboxylic acids is 1. The topological polar surface area (TPSA) is 53.4 Å². The standard InChI is InChI=1S/C9H13N2O2PS/c12-9(13)7-5-15-8(10-7)6-1-3-11(14)4-2-6/h5-6H,1-4,14H2,(H,12,13). The summed E-state index contributed by atoms with van der Waals surface area (Å²) in [6.45, 7) is 2.08. The van der Waals surface area contributed by atoms with Gasteiger partial charge in [0.2, 0.25) is 0 Å². The summed E-state index contributed by atoms with van der Waals surface area (Å²) in [6, 6.07) is 0. The van der Waals surface area contributed by atoms with Gasteiger partial charge in [0.15, 0.2) is 5.69 Å². The molecule has 1 aliphatic heterocycles. The molecule has 0 radical (unpaired) electrons. The Morgan fingerprint density at radius 1 is 1.60 bits per heavy atom. The van der Waals surface area contributed by atoms with Crippen LogP contribution in [0.2, 0.25) is 0 Å². The van der Waals surface area contributed by atoms with Crippen LogP contribution in [0.4, 0.5) is 0 Å². The highest BCUT2D eigenvalue weighted by molar-refractivity contribution is 7.13. The molecule has 0 saturated carbocycles. The molecule has 2 heterocycles. The largest absolute Gasteiger partial charge is 0.476 e. The molecule has 0 amide bonds. The number of carbonyl (C=O) groups is 1. The third-order valence-corrected chi connectivity index (χ3v) is 4.14. The number of carboxylic acids is 1. The average molecular weight is 244 g/mol. The third kappa shape index (κ3) is 2.54. The summed E-state index contributed by atoms with van der Waals surface area (Å²) in [5, 5.41) is 11.4. The Balaban J connectivity index is 2.06. The smallest absolute Gasteiger partial charge is 0.355 e. The number of piperidine rings is 1. The Labute approximate surface area is 94.6 Å². The van der Waals surface area contributed by atoms with E-state index in [0.29, 0.717) is 5.92 Å². The lowest BCUT2D eigenvalue weighted by Crippen LogP contribution is -2.24. The molecule has 2 rings (SSSR count). The number of thiazole rings is 1. The Hall–Kier alpha value is -0.510. The van der Waals surface area contributed by atoms with Crippen molar-refractivity contribution in [2.75, 3.05) is 13.1 Å². The van der Waals surface area contributed by atoms with Gasteiger partial charge in [-0.1, -0.05) is 9.39 Å². The van der Waals surface area contributed by atoms with Crippen molar-refractivity contribution in [2.24, 2.45) is 0 Å². The van der Waals surface area contributed by atoms with Crippen LogP contribution in [0.1, 0.15) is 34.3 Å². The molecule has 1 atom stereocenters. The van der Waals surface area contributed by atoms with Gasteiger partial charge in [0.25, 0.3) is 0 Å². The Morgan fingerprint density at radius 2 is 2.27 bits per heavy atom. The normalized spacial score (nSPS) is 19.3. The molecule has 1 N–H and O–H groups in total. The van der Waals surface area contributed by atoms with E-state index in [9.17, 15) is 4.79 Å². The van der Waals surface area contributed by atoms with Crippen LogP contribution in [0.25, 0.3) is 0 Å². The monoisotopic (exact) mass is 244 g/mol. The third-order valence-electron chi connectivity index (χ3n) is 2.62. The highest BCUT2D eigenvalue weighted by atomic mass is 32.1. The van der Waals surface area contributed by atoms with Crippen molar-refractivity contribution in [1.82, 2.24) is 9.65 Å². The summed E-state index contributed by atoms with van der Waals surface area (Å²) in [5.74, 6) is -0.485. The molecule has 0 aromatic carbocycles. The van der Waals surface area contributed by atoms with Crippen molar-refractivity contribution in [3.63, 3.8) is 0 Å². The summed E-state index contributed by atoms with van der Waals surface area (Å²) < 4.78 is 2.21. The van der Waals surface area contributed by atoms with E-state index in [1.165, 1.54) is 11.3 Å². The fourth-order valence-corrected chi connectivity index (χ4v) is 2.98. The van der Waals surface area contributed by atoms with Gasteiger partial charge in [-0.2, -0.15) is 0 Å². The molecule has 1 unspecified atom stereocenters. The second-order valence-corrected chi connectivity index (χ2v) is 5.31. The van der Waals surface area contributed by atoms with E-state index in [4.69, 9.17) is 5.11 Å². The van der Waals surface area contributed by atoms with Gasteiger partial charge in [-0.05, 0) is 12.8 Å². The minimum atomic E-state index is -0.930. The van der Waals surface area contributed by atoms with Gasteiger partial charge >= 0.3 is 5.97 Å². The number of hydrogen-bond acceptors (Lipinski definition) is 4. The van der Waals surface area contributed by atoms with Crippen LogP contribution < -0.4 is 0 Å². The van der Waals surface area contributed by atoms with Gasteiger partial charge < -0.3 is 5.11 Å². The molecule has 1 fully saturated rings. The second-order valence-electron chi connectivity index (χ2n) is 3.69. The number of aromatic nitrogens is 1. The van der Waals surface area contributed by atoms with Gasteiger partial charge in [-0.15, -0.1) is 11.3 Å². The van der Waals surface area contributed by atoms with Gasteiger partial charge in [0.05, 0.1) is 5.01 Å². The van der Waals surface area contributed by atoms with Crippen LogP contribution in [0.3, 0.4) is 0 Å². The molecule has 0 aliphatic carbocycles. The molecule has 82 valence electrons. The molecule has 0 bridgehead atoms. The molecular weight excluding hydrogens is 231 g/mol. The van der Waals surface area contributed by atoms with Crippen LogP contribution in [0.15, 0.2) is 5.38 Å². The molecule has 1 aromatic heterocycles. The first-order valence-corrected chi connectivity index (χ1v) is 6.25. The quantitative estimate of drug-likeness (QED) is 0.806. The Morgan fingerprint density at radius 3 is 2.80 bits per heavy atom. The zero-order valence-electron chi connectivity index (χ0n) is 8.22. The fraction of sp³-hybridized carbons (Fsp3) is 0.556. The minimum absolute atomic E-state index is 0.184. The maximum atomic E-state index is 10.7. The lowest BCUT2D eigenvalue weighted by molar-refractivity contribution is 0.0691. The lowest BCUT2D eigenvalue weighted by Gasteiger charge is -2.27. The molecular formula is C9H13N2O2PS. The zero-order valence-corrected chi connectivity index (χ0v) is 10.2. The highest BCUT2D eigenvalue weighted by Gasteiger charge is 2.22. The first kappa shape index (κ1) is 11.0. The van der Waals surface area contributed by atoms with E-state index < -0.39 is 5.97 Å². The van der Waals surface area contributed by atoms with E-state index in [-0.39, 0.29) is 5.69 Å². The number of rotatable bonds is 2. The van der Waals surface area contributed by atoms with Crippen molar-refractivity contribution >= 4 is 26.7 Å². The van der Waals surface area contributed by atoms with Crippen LogP contribution in [0, 0.1) is 0 Å². The summed E-state index contributed by atoms with van der Waals surface area (Å²) >= 11 is 1.47. The predicted molar refractivity (Wildman–Crippen MR) is 62.3 cm³/mol. The Bertz CT molecular complexity index is 361. The van der Waals surface area contributed by atoms with Gasteiger partial charge in [0.1, 0.15) is 0 Å². The molecule has 4 nitrogen and oxygen atoms in total. The minimum Gasteiger partial charge on any atom is -0.476 e. The molecule has 1 aromatic rings. The molecule has 6 heteroatoms. The van der Waals surface area contributed by atoms with E-state index in [1.807, 2.05) is 0 Å². The Kier molecular flexibility index (Phi) is 3.34. The van der Waals surface area contributed by atoms with Crippen LogP contribution >= 0.6 is 20.7 Å². The zero-order chi connectivity index (χ0) is 10.8. The maximum Gasteiger partial charge on any atom is 0.355 e. The summed E-state index contributed by atoms with van der Waals surface area (Å²) in [7, 11) is 2.70. The van der Waals surface area contributed by atoms with Crippen molar-refractivity contribution < 1.29 is 9.90 Å². The van der Waals surface area contributed by atoms with Gasteiger partial charge in [-0.3, -0.25) is 4.67 Å². The number of carboxylic acid groups (broad SMARTS) is 1. The average Bonchev–Trinajstić information content (AvgIpc) is 2.68. The van der Waals surface area contributed by atoms with Crippen molar-refractivity contribution in [3.05, 3.63) is 16.1 Å². The number of hydrogen-bond donors (Lipinski definition) is 1. The van der Waals surface area contributed by atoms with E-state index in [2.05, 4.69) is 19.0 Å². The first-order valence-electron chi connectivity index (χ1n) is 4.85.